The van der Waals surface area contributed by atoms with Gasteiger partial charge >= 0.3 is 0 Å². The van der Waals surface area contributed by atoms with E-state index in [0.29, 0.717) is 5.92 Å². The fourth-order valence-electron chi connectivity index (χ4n) is 2.04. The van der Waals surface area contributed by atoms with Crippen LogP contribution in [0, 0.1) is 11.8 Å². The van der Waals surface area contributed by atoms with Gasteiger partial charge in [-0.3, -0.25) is 0 Å². The molecule has 0 aromatic carbocycles. The smallest absolute Gasteiger partial charge is 0.0506 e. The SMILES string of the molecule is CC(CN)CCN(C)CC1CCCOC1. The second-order valence-electron chi connectivity index (χ2n) is 4.97. The van der Waals surface area contributed by atoms with Gasteiger partial charge in [0.25, 0.3) is 0 Å². The molecule has 0 spiro atoms. The van der Waals surface area contributed by atoms with E-state index in [1.165, 1.54) is 25.8 Å². The average Bonchev–Trinajstić information content (AvgIpc) is 2.27. The Morgan fingerprint density at radius 1 is 1.53 bits per heavy atom. The van der Waals surface area contributed by atoms with Gasteiger partial charge in [-0.05, 0) is 51.2 Å². The summed E-state index contributed by atoms with van der Waals surface area (Å²) in [5.41, 5.74) is 5.60. The van der Waals surface area contributed by atoms with Gasteiger partial charge in [0.05, 0.1) is 6.61 Å². The zero-order valence-corrected chi connectivity index (χ0v) is 10.2. The minimum absolute atomic E-state index is 0.648. The van der Waals surface area contributed by atoms with Crippen molar-refractivity contribution in [2.45, 2.75) is 26.2 Å². The zero-order chi connectivity index (χ0) is 11.1. The van der Waals surface area contributed by atoms with Crippen LogP contribution in [0.2, 0.25) is 0 Å². The summed E-state index contributed by atoms with van der Waals surface area (Å²) in [5, 5.41) is 0. The monoisotopic (exact) mass is 214 g/mol. The molecule has 1 heterocycles. The zero-order valence-electron chi connectivity index (χ0n) is 10.2. The summed E-state index contributed by atoms with van der Waals surface area (Å²) in [6, 6.07) is 0. The quantitative estimate of drug-likeness (QED) is 0.725. The second-order valence-corrected chi connectivity index (χ2v) is 4.97. The molecule has 1 aliphatic rings. The lowest BCUT2D eigenvalue weighted by atomic mass is 10.0. The number of hydrogen-bond donors (Lipinski definition) is 1. The predicted octanol–water partition coefficient (Wildman–Crippen LogP) is 1.33. The van der Waals surface area contributed by atoms with E-state index in [9.17, 15) is 0 Å². The number of ether oxygens (including phenoxy) is 1. The van der Waals surface area contributed by atoms with Crippen molar-refractivity contribution >= 4 is 0 Å². The average molecular weight is 214 g/mol. The highest BCUT2D eigenvalue weighted by atomic mass is 16.5. The largest absolute Gasteiger partial charge is 0.381 e. The number of nitrogens with zero attached hydrogens (tertiary/aromatic N) is 1. The number of nitrogens with two attached hydrogens (primary N) is 1. The van der Waals surface area contributed by atoms with Crippen molar-refractivity contribution in [3.05, 3.63) is 0 Å². The van der Waals surface area contributed by atoms with E-state index in [1.807, 2.05) is 0 Å². The van der Waals surface area contributed by atoms with Crippen LogP contribution in [-0.4, -0.2) is 44.8 Å². The van der Waals surface area contributed by atoms with E-state index >= 15 is 0 Å². The predicted molar refractivity (Wildman–Crippen MR) is 63.9 cm³/mol. The molecule has 0 amide bonds. The molecule has 0 aromatic heterocycles. The van der Waals surface area contributed by atoms with Gasteiger partial charge in [0.2, 0.25) is 0 Å². The molecule has 1 aliphatic heterocycles. The van der Waals surface area contributed by atoms with Crippen LogP contribution < -0.4 is 5.73 Å². The van der Waals surface area contributed by atoms with Gasteiger partial charge in [0, 0.05) is 13.2 Å². The van der Waals surface area contributed by atoms with Crippen LogP contribution >= 0.6 is 0 Å². The van der Waals surface area contributed by atoms with Crippen LogP contribution in [0.5, 0.6) is 0 Å². The first-order valence-electron chi connectivity index (χ1n) is 6.18. The Morgan fingerprint density at radius 3 is 2.93 bits per heavy atom. The maximum Gasteiger partial charge on any atom is 0.0506 e. The lowest BCUT2D eigenvalue weighted by Crippen LogP contribution is -2.32. The Bertz CT molecular complexity index is 158. The summed E-state index contributed by atoms with van der Waals surface area (Å²) in [7, 11) is 2.21. The molecule has 0 aliphatic carbocycles. The van der Waals surface area contributed by atoms with Crippen LogP contribution in [0.4, 0.5) is 0 Å². The minimum Gasteiger partial charge on any atom is -0.381 e. The molecule has 2 N–H and O–H groups in total. The van der Waals surface area contributed by atoms with E-state index in [4.69, 9.17) is 10.5 Å². The highest BCUT2D eigenvalue weighted by molar-refractivity contribution is 4.67. The Kier molecular flexibility index (Phi) is 6.22. The molecule has 90 valence electrons. The number of rotatable bonds is 6. The molecule has 2 atom stereocenters. The maximum atomic E-state index is 5.60. The van der Waals surface area contributed by atoms with Crippen molar-refractivity contribution in [3.63, 3.8) is 0 Å². The van der Waals surface area contributed by atoms with Gasteiger partial charge in [0.1, 0.15) is 0 Å². The minimum atomic E-state index is 0.648. The lowest BCUT2D eigenvalue weighted by Gasteiger charge is -2.27. The molecule has 0 saturated carbocycles. The standard InChI is InChI=1S/C12H26N2O/c1-11(8-13)5-6-14(2)9-12-4-3-7-15-10-12/h11-12H,3-10,13H2,1-2H3. The van der Waals surface area contributed by atoms with E-state index in [1.54, 1.807) is 0 Å². The molecule has 15 heavy (non-hydrogen) atoms. The maximum absolute atomic E-state index is 5.60. The lowest BCUT2D eigenvalue weighted by molar-refractivity contribution is 0.0415. The Balaban J connectivity index is 2.08. The van der Waals surface area contributed by atoms with E-state index in [2.05, 4.69) is 18.9 Å². The van der Waals surface area contributed by atoms with Crippen LogP contribution in [0.3, 0.4) is 0 Å². The number of hydrogen-bond acceptors (Lipinski definition) is 3. The van der Waals surface area contributed by atoms with Gasteiger partial charge in [-0.1, -0.05) is 6.92 Å². The van der Waals surface area contributed by atoms with E-state index in [-0.39, 0.29) is 0 Å². The second kappa shape index (κ2) is 7.20. The van der Waals surface area contributed by atoms with E-state index < -0.39 is 0 Å². The Labute approximate surface area is 94.0 Å². The third-order valence-corrected chi connectivity index (χ3v) is 3.23. The molecule has 1 rings (SSSR count). The normalized spacial score (nSPS) is 24.4. The molecule has 1 fully saturated rings. The van der Waals surface area contributed by atoms with Crippen LogP contribution in [0.15, 0.2) is 0 Å². The van der Waals surface area contributed by atoms with Crippen molar-refractivity contribution in [3.8, 4) is 0 Å². The van der Waals surface area contributed by atoms with Gasteiger partial charge in [-0.25, -0.2) is 0 Å². The van der Waals surface area contributed by atoms with Crippen LogP contribution in [0.25, 0.3) is 0 Å². The topological polar surface area (TPSA) is 38.5 Å². The third-order valence-electron chi connectivity index (χ3n) is 3.23. The Morgan fingerprint density at radius 2 is 2.33 bits per heavy atom. The molecule has 0 bridgehead atoms. The van der Waals surface area contributed by atoms with Crippen molar-refractivity contribution in [2.24, 2.45) is 17.6 Å². The van der Waals surface area contributed by atoms with Crippen LogP contribution in [-0.2, 0) is 4.74 Å². The summed E-state index contributed by atoms with van der Waals surface area (Å²) in [4.78, 5) is 2.42. The molecule has 0 aromatic rings. The van der Waals surface area contributed by atoms with Gasteiger partial charge < -0.3 is 15.4 Å². The van der Waals surface area contributed by atoms with Gasteiger partial charge in [-0.15, -0.1) is 0 Å². The highest BCUT2D eigenvalue weighted by Gasteiger charge is 2.15. The molecule has 3 nitrogen and oxygen atoms in total. The van der Waals surface area contributed by atoms with Crippen molar-refractivity contribution < 1.29 is 4.74 Å². The summed E-state index contributed by atoms with van der Waals surface area (Å²) < 4.78 is 5.48. The highest BCUT2D eigenvalue weighted by Crippen LogP contribution is 2.14. The Hall–Kier alpha value is -0.120. The van der Waals surface area contributed by atoms with Crippen molar-refractivity contribution in [1.29, 1.82) is 0 Å². The first-order chi connectivity index (χ1) is 7.22. The fraction of sp³-hybridized carbons (Fsp3) is 1.00. The first-order valence-corrected chi connectivity index (χ1v) is 6.18. The molecular formula is C12H26N2O. The van der Waals surface area contributed by atoms with Crippen molar-refractivity contribution in [2.75, 3.05) is 39.9 Å². The van der Waals surface area contributed by atoms with Gasteiger partial charge in [-0.2, -0.15) is 0 Å². The van der Waals surface area contributed by atoms with Crippen LogP contribution in [0.1, 0.15) is 26.2 Å². The summed E-state index contributed by atoms with van der Waals surface area (Å²) in [5.74, 6) is 1.40. The summed E-state index contributed by atoms with van der Waals surface area (Å²) >= 11 is 0. The summed E-state index contributed by atoms with van der Waals surface area (Å²) in [6.45, 7) is 7.28. The fourth-order valence-corrected chi connectivity index (χ4v) is 2.04. The van der Waals surface area contributed by atoms with E-state index in [0.717, 1.165) is 32.2 Å². The molecular weight excluding hydrogens is 188 g/mol. The van der Waals surface area contributed by atoms with Gasteiger partial charge in [0.15, 0.2) is 0 Å². The summed E-state index contributed by atoms with van der Waals surface area (Å²) in [6.07, 6.45) is 3.77. The molecule has 1 saturated heterocycles. The third kappa shape index (κ3) is 5.50. The molecule has 2 unspecified atom stereocenters. The first kappa shape index (κ1) is 12.9. The molecule has 0 radical (unpaired) electrons. The van der Waals surface area contributed by atoms with Crippen molar-refractivity contribution in [1.82, 2.24) is 4.90 Å². The molecule has 3 heteroatoms.